The van der Waals surface area contributed by atoms with Gasteiger partial charge in [0, 0.05) is 38.2 Å². The van der Waals surface area contributed by atoms with Crippen LogP contribution in [0.25, 0.3) is 0 Å². The van der Waals surface area contributed by atoms with Crippen LogP contribution >= 0.6 is 11.3 Å². The van der Waals surface area contributed by atoms with E-state index < -0.39 is 0 Å². The van der Waals surface area contributed by atoms with Crippen LogP contribution in [0.4, 0.5) is 0 Å². The molecule has 5 nitrogen and oxygen atoms in total. The van der Waals surface area contributed by atoms with Crippen molar-refractivity contribution in [2.24, 2.45) is 16.8 Å². The van der Waals surface area contributed by atoms with Crippen LogP contribution in [0.1, 0.15) is 44.9 Å². The van der Waals surface area contributed by atoms with E-state index in [4.69, 9.17) is 4.74 Å². The molecule has 2 rings (SSSR count). The number of aliphatic imine (C=N–C) groups is 1. The molecular formula is C21H38N4OS. The summed E-state index contributed by atoms with van der Waals surface area (Å²) in [5.74, 6) is 2.19. The highest BCUT2D eigenvalue weighted by molar-refractivity contribution is 7.09. The molecule has 0 aromatic carbocycles. The molecule has 2 heterocycles. The monoisotopic (exact) mass is 394 g/mol. The largest absolute Gasteiger partial charge is 0.378 e. The van der Waals surface area contributed by atoms with Gasteiger partial charge in [-0.05, 0) is 62.6 Å². The molecule has 0 saturated carbocycles. The number of rotatable bonds is 10. The van der Waals surface area contributed by atoms with Crippen LogP contribution in [0, 0.1) is 11.8 Å². The van der Waals surface area contributed by atoms with Gasteiger partial charge in [-0.15, -0.1) is 11.3 Å². The summed E-state index contributed by atoms with van der Waals surface area (Å²) in [5.41, 5.74) is 0. The van der Waals surface area contributed by atoms with Crippen LogP contribution in [0.15, 0.2) is 22.5 Å². The summed E-state index contributed by atoms with van der Waals surface area (Å²) in [4.78, 5) is 8.42. The molecule has 1 unspecified atom stereocenters. The summed E-state index contributed by atoms with van der Waals surface area (Å²) in [6, 6.07) is 4.39. The van der Waals surface area contributed by atoms with Gasteiger partial charge < -0.3 is 15.4 Å². The smallest absolute Gasteiger partial charge is 0.190 e. The van der Waals surface area contributed by atoms with Crippen LogP contribution in [0.5, 0.6) is 0 Å². The Balaban J connectivity index is 1.62. The van der Waals surface area contributed by atoms with Gasteiger partial charge in [0.05, 0.1) is 6.10 Å². The Morgan fingerprint density at radius 3 is 2.70 bits per heavy atom. The van der Waals surface area contributed by atoms with E-state index in [1.165, 1.54) is 30.8 Å². The van der Waals surface area contributed by atoms with E-state index in [1.54, 1.807) is 0 Å². The van der Waals surface area contributed by atoms with Crippen molar-refractivity contribution in [3.05, 3.63) is 22.4 Å². The second-order valence-electron chi connectivity index (χ2n) is 7.71. The zero-order valence-electron chi connectivity index (χ0n) is 17.5. The van der Waals surface area contributed by atoms with Gasteiger partial charge in [0.1, 0.15) is 0 Å². The SMILES string of the molecule is CCOC(CCNC(=NC)NCC1CCN(Cc2cccs2)CC1)C(C)C. The Bertz CT molecular complexity index is 524. The molecule has 1 atom stereocenters. The van der Waals surface area contributed by atoms with Gasteiger partial charge in [0.15, 0.2) is 5.96 Å². The van der Waals surface area contributed by atoms with E-state index in [2.05, 4.69) is 58.8 Å². The average molecular weight is 395 g/mol. The second kappa shape index (κ2) is 12.4. The van der Waals surface area contributed by atoms with Gasteiger partial charge >= 0.3 is 0 Å². The molecule has 6 heteroatoms. The molecule has 27 heavy (non-hydrogen) atoms. The zero-order chi connectivity index (χ0) is 19.5. The Hall–Kier alpha value is -1.11. The third kappa shape index (κ3) is 8.20. The van der Waals surface area contributed by atoms with Gasteiger partial charge in [0.25, 0.3) is 0 Å². The molecule has 1 saturated heterocycles. The first-order valence-electron chi connectivity index (χ1n) is 10.4. The van der Waals surface area contributed by atoms with Gasteiger partial charge in [-0.3, -0.25) is 9.89 Å². The number of guanidine groups is 1. The first-order chi connectivity index (χ1) is 13.1. The molecule has 0 aliphatic carbocycles. The maximum atomic E-state index is 5.82. The first kappa shape index (κ1) is 22.2. The maximum absolute atomic E-state index is 5.82. The molecule has 1 aromatic heterocycles. The quantitative estimate of drug-likeness (QED) is 0.470. The Labute approximate surface area is 169 Å². The number of piperidine rings is 1. The number of likely N-dealkylation sites (tertiary alicyclic amines) is 1. The van der Waals surface area contributed by atoms with E-state index in [1.807, 2.05) is 18.4 Å². The van der Waals surface area contributed by atoms with Crippen LogP contribution in [-0.2, 0) is 11.3 Å². The molecule has 0 bridgehead atoms. The van der Waals surface area contributed by atoms with Crippen molar-refractivity contribution in [2.45, 2.75) is 52.7 Å². The predicted octanol–water partition coefficient (Wildman–Crippen LogP) is 3.58. The fourth-order valence-corrected chi connectivity index (χ4v) is 4.34. The lowest BCUT2D eigenvalue weighted by Crippen LogP contribution is -2.43. The van der Waals surface area contributed by atoms with E-state index in [9.17, 15) is 0 Å². The second-order valence-corrected chi connectivity index (χ2v) is 8.74. The number of thiophene rings is 1. The summed E-state index contributed by atoms with van der Waals surface area (Å²) in [5, 5.41) is 9.13. The number of hydrogen-bond acceptors (Lipinski definition) is 4. The van der Waals surface area contributed by atoms with E-state index in [0.29, 0.717) is 12.0 Å². The lowest BCUT2D eigenvalue weighted by Gasteiger charge is -2.32. The fourth-order valence-electron chi connectivity index (χ4n) is 3.59. The topological polar surface area (TPSA) is 48.9 Å². The minimum absolute atomic E-state index is 0.313. The highest BCUT2D eigenvalue weighted by atomic mass is 32.1. The Kier molecular flexibility index (Phi) is 10.2. The normalized spacial score (nSPS) is 18.0. The number of ether oxygens (including phenoxy) is 1. The third-order valence-corrected chi connectivity index (χ3v) is 6.16. The van der Waals surface area contributed by atoms with Crippen molar-refractivity contribution < 1.29 is 4.74 Å². The summed E-state index contributed by atoms with van der Waals surface area (Å²) in [6.07, 6.45) is 3.84. The average Bonchev–Trinajstić information content (AvgIpc) is 3.17. The molecule has 1 aromatic rings. The fraction of sp³-hybridized carbons (Fsp3) is 0.762. The Morgan fingerprint density at radius 1 is 1.33 bits per heavy atom. The van der Waals surface area contributed by atoms with Crippen molar-refractivity contribution in [1.29, 1.82) is 0 Å². The molecular weight excluding hydrogens is 356 g/mol. The van der Waals surface area contributed by atoms with Crippen LogP contribution in [0.2, 0.25) is 0 Å². The molecule has 0 spiro atoms. The molecule has 1 aliphatic heterocycles. The molecule has 0 amide bonds. The van der Waals surface area contributed by atoms with Crippen molar-refractivity contribution >= 4 is 17.3 Å². The molecule has 1 fully saturated rings. The van der Waals surface area contributed by atoms with Gasteiger partial charge in [-0.2, -0.15) is 0 Å². The first-order valence-corrected chi connectivity index (χ1v) is 11.3. The van der Waals surface area contributed by atoms with Crippen molar-refractivity contribution in [2.75, 3.05) is 39.8 Å². The third-order valence-electron chi connectivity index (χ3n) is 5.29. The molecule has 0 radical (unpaired) electrons. The van der Waals surface area contributed by atoms with Gasteiger partial charge in [0.2, 0.25) is 0 Å². The summed E-state index contributed by atoms with van der Waals surface area (Å²) >= 11 is 1.86. The number of nitrogens with one attached hydrogen (secondary N) is 2. The van der Waals surface area contributed by atoms with E-state index in [-0.39, 0.29) is 0 Å². The minimum Gasteiger partial charge on any atom is -0.378 e. The van der Waals surface area contributed by atoms with Crippen molar-refractivity contribution in [3.63, 3.8) is 0 Å². The van der Waals surface area contributed by atoms with Gasteiger partial charge in [-0.1, -0.05) is 19.9 Å². The van der Waals surface area contributed by atoms with Crippen LogP contribution in [-0.4, -0.2) is 56.8 Å². The standard InChI is InChI=1S/C21H38N4OS/c1-5-26-20(17(2)3)8-11-23-21(22-4)24-15-18-9-12-25(13-10-18)16-19-7-6-14-27-19/h6-7,14,17-18,20H,5,8-13,15-16H2,1-4H3,(H2,22,23,24). The molecule has 2 N–H and O–H groups in total. The lowest BCUT2D eigenvalue weighted by molar-refractivity contribution is 0.0258. The predicted molar refractivity (Wildman–Crippen MR) is 117 cm³/mol. The van der Waals surface area contributed by atoms with Crippen molar-refractivity contribution in [1.82, 2.24) is 15.5 Å². The molecule has 1 aliphatic rings. The lowest BCUT2D eigenvalue weighted by atomic mass is 9.97. The van der Waals surface area contributed by atoms with Crippen molar-refractivity contribution in [3.8, 4) is 0 Å². The van der Waals surface area contributed by atoms with E-state index >= 15 is 0 Å². The Morgan fingerprint density at radius 2 is 2.11 bits per heavy atom. The maximum Gasteiger partial charge on any atom is 0.190 e. The highest BCUT2D eigenvalue weighted by Crippen LogP contribution is 2.20. The zero-order valence-corrected chi connectivity index (χ0v) is 18.4. The number of nitrogens with zero attached hydrogens (tertiary/aromatic N) is 2. The summed E-state index contributed by atoms with van der Waals surface area (Å²) in [6.45, 7) is 12.7. The van der Waals surface area contributed by atoms with Gasteiger partial charge in [-0.25, -0.2) is 0 Å². The molecule has 154 valence electrons. The van der Waals surface area contributed by atoms with Crippen LogP contribution in [0.3, 0.4) is 0 Å². The number of hydrogen-bond donors (Lipinski definition) is 2. The summed E-state index contributed by atoms with van der Waals surface area (Å²) < 4.78 is 5.82. The summed E-state index contributed by atoms with van der Waals surface area (Å²) in [7, 11) is 1.85. The van der Waals surface area contributed by atoms with Crippen LogP contribution < -0.4 is 10.6 Å². The minimum atomic E-state index is 0.313. The highest BCUT2D eigenvalue weighted by Gasteiger charge is 2.20. The van der Waals surface area contributed by atoms with E-state index in [0.717, 1.165) is 44.5 Å².